The van der Waals surface area contributed by atoms with Crippen molar-refractivity contribution in [2.75, 3.05) is 6.54 Å². The van der Waals surface area contributed by atoms with Gasteiger partial charge in [0.05, 0.1) is 0 Å². The lowest BCUT2D eigenvalue weighted by Crippen LogP contribution is -2.33. The van der Waals surface area contributed by atoms with Crippen molar-refractivity contribution in [1.29, 1.82) is 0 Å². The summed E-state index contributed by atoms with van der Waals surface area (Å²) in [6.07, 6.45) is 0.805. The number of amides is 1. The molecule has 2 aromatic rings. The number of nitrogens with one attached hydrogen (secondary N) is 1. The van der Waals surface area contributed by atoms with Gasteiger partial charge in [0.25, 0.3) is 11.5 Å². The second-order valence-electron chi connectivity index (χ2n) is 5.29. The van der Waals surface area contributed by atoms with Gasteiger partial charge in [0.15, 0.2) is 0 Å². The van der Waals surface area contributed by atoms with E-state index in [-0.39, 0.29) is 23.2 Å². The van der Waals surface area contributed by atoms with Gasteiger partial charge in [0.1, 0.15) is 11.5 Å². The van der Waals surface area contributed by atoms with E-state index >= 15 is 0 Å². The van der Waals surface area contributed by atoms with Crippen LogP contribution in [0.5, 0.6) is 0 Å². The number of hydrogen-bond acceptors (Lipinski definition) is 2. The molecule has 1 heterocycles. The quantitative estimate of drug-likeness (QED) is 0.941. The van der Waals surface area contributed by atoms with Crippen molar-refractivity contribution < 1.29 is 9.18 Å². The van der Waals surface area contributed by atoms with Crippen molar-refractivity contribution >= 4 is 16.7 Å². The number of carbonyl (C=O) groups excluding carboxylic acids is 1. The third-order valence-corrected chi connectivity index (χ3v) is 3.30. The van der Waals surface area contributed by atoms with Gasteiger partial charge in [0, 0.05) is 18.0 Å². The van der Waals surface area contributed by atoms with Gasteiger partial charge >= 0.3 is 0 Å². The summed E-state index contributed by atoms with van der Waals surface area (Å²) in [6, 6.07) is 5.41. The van der Waals surface area contributed by atoms with E-state index in [1.165, 1.54) is 22.8 Å². The van der Waals surface area contributed by atoms with Crippen molar-refractivity contribution in [3.8, 4) is 0 Å². The topological polar surface area (TPSA) is 51.1 Å². The van der Waals surface area contributed by atoms with Crippen molar-refractivity contribution in [3.05, 3.63) is 46.1 Å². The standard InChI is InChI=1S/C16H19FN2O2/c1-4-7-18-15(20)14-9-11-8-12(17)5-6-13(11)16(21)19(14)10(2)3/h5-6,8-10H,4,7H2,1-3H3,(H,18,20). The lowest BCUT2D eigenvalue weighted by Gasteiger charge is -2.17. The minimum absolute atomic E-state index is 0.158. The Morgan fingerprint density at radius 1 is 1.33 bits per heavy atom. The molecule has 5 heteroatoms. The Kier molecular flexibility index (Phi) is 4.40. The third-order valence-electron chi connectivity index (χ3n) is 3.30. The fourth-order valence-electron chi connectivity index (χ4n) is 2.32. The Balaban J connectivity index is 2.69. The molecular weight excluding hydrogens is 271 g/mol. The molecule has 0 radical (unpaired) electrons. The van der Waals surface area contributed by atoms with E-state index in [1.54, 1.807) is 6.07 Å². The highest BCUT2D eigenvalue weighted by Gasteiger charge is 2.17. The van der Waals surface area contributed by atoms with E-state index in [0.29, 0.717) is 17.3 Å². The molecule has 1 aromatic carbocycles. The van der Waals surface area contributed by atoms with Gasteiger partial charge in [-0.3, -0.25) is 9.59 Å². The van der Waals surface area contributed by atoms with Gasteiger partial charge in [-0.2, -0.15) is 0 Å². The average Bonchev–Trinajstić information content (AvgIpc) is 2.43. The molecular formula is C16H19FN2O2. The van der Waals surface area contributed by atoms with Crippen LogP contribution in [0.4, 0.5) is 4.39 Å². The third kappa shape index (κ3) is 2.96. The van der Waals surface area contributed by atoms with Crippen molar-refractivity contribution in [3.63, 3.8) is 0 Å². The lowest BCUT2D eigenvalue weighted by molar-refractivity contribution is 0.0941. The summed E-state index contributed by atoms with van der Waals surface area (Å²) in [5.41, 5.74) is -0.00861. The van der Waals surface area contributed by atoms with Gasteiger partial charge < -0.3 is 9.88 Å². The highest BCUT2D eigenvalue weighted by Crippen LogP contribution is 2.17. The van der Waals surface area contributed by atoms with E-state index in [0.717, 1.165) is 6.42 Å². The maximum atomic E-state index is 13.4. The number of carbonyl (C=O) groups is 1. The van der Waals surface area contributed by atoms with Gasteiger partial charge in [0.2, 0.25) is 0 Å². The number of halogens is 1. The van der Waals surface area contributed by atoms with Crippen LogP contribution in [0.1, 0.15) is 43.7 Å². The number of nitrogens with zero attached hydrogens (tertiary/aromatic N) is 1. The Morgan fingerprint density at radius 3 is 2.67 bits per heavy atom. The van der Waals surface area contributed by atoms with Crippen LogP contribution in [0, 0.1) is 5.82 Å². The predicted octanol–water partition coefficient (Wildman–Crippen LogP) is 2.86. The molecule has 0 fully saturated rings. The van der Waals surface area contributed by atoms with Crippen LogP contribution in [0.2, 0.25) is 0 Å². The van der Waals surface area contributed by atoms with Gasteiger partial charge in [-0.1, -0.05) is 6.92 Å². The van der Waals surface area contributed by atoms with E-state index in [2.05, 4.69) is 5.32 Å². The zero-order valence-corrected chi connectivity index (χ0v) is 12.4. The second-order valence-corrected chi connectivity index (χ2v) is 5.29. The number of pyridine rings is 1. The molecule has 0 aliphatic rings. The van der Waals surface area contributed by atoms with Crippen LogP contribution in [0.15, 0.2) is 29.1 Å². The second kappa shape index (κ2) is 6.08. The SMILES string of the molecule is CCCNC(=O)c1cc2cc(F)ccc2c(=O)n1C(C)C. The molecule has 1 N–H and O–H groups in total. The molecule has 0 unspecified atom stereocenters. The number of hydrogen-bond donors (Lipinski definition) is 1. The largest absolute Gasteiger partial charge is 0.351 e. The Morgan fingerprint density at radius 2 is 2.05 bits per heavy atom. The van der Waals surface area contributed by atoms with Crippen molar-refractivity contribution in [1.82, 2.24) is 9.88 Å². The molecule has 0 bridgehead atoms. The number of benzene rings is 1. The minimum Gasteiger partial charge on any atom is -0.351 e. The molecule has 0 saturated heterocycles. The fourth-order valence-corrected chi connectivity index (χ4v) is 2.32. The Hall–Kier alpha value is -2.17. The Labute approximate surface area is 122 Å². The van der Waals surface area contributed by atoms with Crippen molar-refractivity contribution in [2.24, 2.45) is 0 Å². The first-order valence-corrected chi connectivity index (χ1v) is 7.08. The minimum atomic E-state index is -0.427. The molecule has 112 valence electrons. The number of fused-ring (bicyclic) bond motifs is 1. The van der Waals surface area contributed by atoms with Crippen LogP contribution >= 0.6 is 0 Å². The fraction of sp³-hybridized carbons (Fsp3) is 0.375. The van der Waals surface area contributed by atoms with Crippen LogP contribution in [0.25, 0.3) is 10.8 Å². The zero-order valence-electron chi connectivity index (χ0n) is 12.4. The summed E-state index contributed by atoms with van der Waals surface area (Å²) in [4.78, 5) is 24.8. The molecule has 0 atom stereocenters. The van der Waals surface area contributed by atoms with Gasteiger partial charge in [-0.25, -0.2) is 4.39 Å². The van der Waals surface area contributed by atoms with Crippen LogP contribution < -0.4 is 10.9 Å². The smallest absolute Gasteiger partial charge is 0.268 e. The first-order chi connectivity index (χ1) is 9.95. The van der Waals surface area contributed by atoms with E-state index in [4.69, 9.17) is 0 Å². The summed E-state index contributed by atoms with van der Waals surface area (Å²) in [6.45, 7) is 6.17. The monoisotopic (exact) mass is 290 g/mol. The average molecular weight is 290 g/mol. The Bertz CT molecular complexity index is 735. The number of rotatable bonds is 4. The molecule has 0 aliphatic heterocycles. The molecule has 0 aliphatic carbocycles. The van der Waals surface area contributed by atoms with E-state index < -0.39 is 5.82 Å². The summed E-state index contributed by atoms with van der Waals surface area (Å²) < 4.78 is 14.8. The molecule has 1 aromatic heterocycles. The molecule has 1 amide bonds. The first kappa shape index (κ1) is 15.2. The normalized spacial score (nSPS) is 11.1. The molecule has 4 nitrogen and oxygen atoms in total. The van der Waals surface area contributed by atoms with Crippen LogP contribution in [0.3, 0.4) is 0 Å². The predicted molar refractivity (Wildman–Crippen MR) is 81.2 cm³/mol. The molecule has 21 heavy (non-hydrogen) atoms. The van der Waals surface area contributed by atoms with Gasteiger partial charge in [-0.15, -0.1) is 0 Å². The van der Waals surface area contributed by atoms with Crippen LogP contribution in [-0.4, -0.2) is 17.0 Å². The van der Waals surface area contributed by atoms with Crippen LogP contribution in [-0.2, 0) is 0 Å². The maximum absolute atomic E-state index is 13.4. The summed E-state index contributed by atoms with van der Waals surface area (Å²) in [7, 11) is 0. The van der Waals surface area contributed by atoms with E-state index in [1.807, 2.05) is 20.8 Å². The summed E-state index contributed by atoms with van der Waals surface area (Å²) in [5.74, 6) is -0.738. The highest BCUT2D eigenvalue weighted by atomic mass is 19.1. The summed E-state index contributed by atoms with van der Waals surface area (Å²) >= 11 is 0. The first-order valence-electron chi connectivity index (χ1n) is 7.08. The zero-order chi connectivity index (χ0) is 15.6. The maximum Gasteiger partial charge on any atom is 0.268 e. The number of aromatic nitrogens is 1. The van der Waals surface area contributed by atoms with Gasteiger partial charge in [-0.05, 0) is 49.9 Å². The molecule has 0 saturated carbocycles. The van der Waals surface area contributed by atoms with Crippen molar-refractivity contribution in [2.45, 2.75) is 33.2 Å². The lowest BCUT2D eigenvalue weighted by atomic mass is 10.1. The molecule has 0 spiro atoms. The summed E-state index contributed by atoms with van der Waals surface area (Å²) in [5, 5.41) is 3.62. The highest BCUT2D eigenvalue weighted by molar-refractivity contribution is 5.96. The van der Waals surface area contributed by atoms with E-state index in [9.17, 15) is 14.0 Å². The molecule has 2 rings (SSSR count).